The molecular weight excluding hydrogens is 412 g/mol. The van der Waals surface area contributed by atoms with Gasteiger partial charge in [-0.05, 0) is 18.2 Å². The molecule has 4 N–H and O–H groups in total. The van der Waals surface area contributed by atoms with Gasteiger partial charge in [0, 0.05) is 16.0 Å². The van der Waals surface area contributed by atoms with Gasteiger partial charge in [0.05, 0.1) is 5.56 Å². The minimum Gasteiger partial charge on any atom is -0.440 e. The van der Waals surface area contributed by atoms with Crippen LogP contribution in [0.1, 0.15) is 17.0 Å². The summed E-state index contributed by atoms with van der Waals surface area (Å²) in [5.74, 6) is -4.07. The molecule has 4 rings (SSSR count). The maximum absolute atomic E-state index is 12.4. The molecule has 1 aromatic carbocycles. The van der Waals surface area contributed by atoms with Gasteiger partial charge in [-0.2, -0.15) is 0 Å². The molecule has 2 aromatic rings. The van der Waals surface area contributed by atoms with Crippen molar-refractivity contribution in [1.82, 2.24) is 20.6 Å². The summed E-state index contributed by atoms with van der Waals surface area (Å²) in [6, 6.07) is 3.90. The Kier molecular flexibility index (Phi) is 3.54. The van der Waals surface area contributed by atoms with Gasteiger partial charge in [-0.3, -0.25) is 35.0 Å². The number of imide groups is 2. The highest BCUT2D eigenvalue weighted by atomic mass is 79.9. The van der Waals surface area contributed by atoms with Crippen molar-refractivity contribution in [3.8, 4) is 11.6 Å². The van der Waals surface area contributed by atoms with E-state index >= 15 is 0 Å². The molecule has 0 bridgehead atoms. The van der Waals surface area contributed by atoms with Crippen molar-refractivity contribution in [2.75, 3.05) is 0 Å². The third-order valence-electron chi connectivity index (χ3n) is 4.15. The molecule has 4 amide bonds. The van der Waals surface area contributed by atoms with Crippen LogP contribution >= 0.6 is 15.9 Å². The molecule has 1 saturated heterocycles. The lowest BCUT2D eigenvalue weighted by Gasteiger charge is -2.32. The number of rotatable bonds is 1. The number of ether oxygens (including phenoxy) is 1. The van der Waals surface area contributed by atoms with Gasteiger partial charge in [-0.1, -0.05) is 15.9 Å². The zero-order chi connectivity index (χ0) is 18.6. The SMILES string of the molecule is O=C1NC(=O)C(C2c3cc(Br)ccc3Oc3[nH]c(=O)[nH]c(=O)c32)C(=O)N1. The predicted octanol–water partition coefficient (Wildman–Crippen LogP) is 0.0455. The van der Waals surface area contributed by atoms with Crippen molar-refractivity contribution >= 4 is 33.8 Å². The number of fused-ring (bicyclic) bond motifs is 2. The third kappa shape index (κ3) is 2.44. The summed E-state index contributed by atoms with van der Waals surface area (Å²) < 4.78 is 6.21. The number of urea groups is 1. The van der Waals surface area contributed by atoms with Gasteiger partial charge in [0.25, 0.3) is 5.56 Å². The van der Waals surface area contributed by atoms with Gasteiger partial charge >= 0.3 is 11.7 Å². The highest BCUT2D eigenvalue weighted by Gasteiger charge is 2.46. The number of hydrogen-bond acceptors (Lipinski definition) is 6. The first-order valence-electron chi connectivity index (χ1n) is 7.34. The molecule has 2 aliphatic rings. The molecule has 0 aliphatic carbocycles. The summed E-state index contributed by atoms with van der Waals surface area (Å²) in [6.07, 6.45) is 0. The van der Waals surface area contributed by atoms with Crippen LogP contribution in [0.25, 0.3) is 0 Å². The Labute approximate surface area is 152 Å². The Morgan fingerprint density at radius 2 is 1.62 bits per heavy atom. The number of aromatic amines is 2. The van der Waals surface area contributed by atoms with Crippen LogP contribution < -0.4 is 26.6 Å². The molecule has 10 nitrogen and oxygen atoms in total. The number of barbiturate groups is 1. The van der Waals surface area contributed by atoms with Crippen LogP contribution in [-0.2, 0) is 9.59 Å². The molecule has 1 unspecified atom stereocenters. The number of carbonyl (C=O) groups excluding carboxylic acids is 3. The largest absolute Gasteiger partial charge is 0.440 e. The second kappa shape index (κ2) is 5.66. The van der Waals surface area contributed by atoms with E-state index in [2.05, 4.69) is 25.9 Å². The number of benzene rings is 1. The predicted molar refractivity (Wildman–Crippen MR) is 88.9 cm³/mol. The number of nitrogens with one attached hydrogen (secondary N) is 4. The van der Waals surface area contributed by atoms with Crippen molar-refractivity contribution in [2.45, 2.75) is 5.92 Å². The molecule has 1 aromatic heterocycles. The Morgan fingerprint density at radius 1 is 0.923 bits per heavy atom. The fraction of sp³-hybridized carbons (Fsp3) is 0.133. The summed E-state index contributed by atoms with van der Waals surface area (Å²) >= 11 is 3.30. The Morgan fingerprint density at radius 3 is 2.31 bits per heavy atom. The molecule has 2 aliphatic heterocycles. The number of hydrogen-bond donors (Lipinski definition) is 4. The topological polar surface area (TPSA) is 150 Å². The van der Waals surface area contributed by atoms with Crippen molar-refractivity contribution < 1.29 is 19.1 Å². The molecule has 132 valence electrons. The Balaban J connectivity index is 1.99. The maximum Gasteiger partial charge on any atom is 0.328 e. The van der Waals surface area contributed by atoms with Crippen LogP contribution in [0.15, 0.2) is 32.3 Å². The minimum absolute atomic E-state index is 0.0835. The molecule has 0 radical (unpaired) electrons. The highest BCUT2D eigenvalue weighted by molar-refractivity contribution is 9.10. The molecule has 0 spiro atoms. The van der Waals surface area contributed by atoms with Gasteiger partial charge in [0.2, 0.25) is 17.7 Å². The van der Waals surface area contributed by atoms with Crippen molar-refractivity contribution in [1.29, 1.82) is 0 Å². The van der Waals surface area contributed by atoms with Crippen molar-refractivity contribution in [2.24, 2.45) is 5.92 Å². The first-order valence-corrected chi connectivity index (χ1v) is 8.14. The summed E-state index contributed by atoms with van der Waals surface area (Å²) in [5.41, 5.74) is -1.29. The molecule has 11 heteroatoms. The second-order valence-electron chi connectivity index (χ2n) is 5.70. The van der Waals surface area contributed by atoms with Crippen LogP contribution in [0, 0.1) is 5.92 Å². The molecule has 1 fully saturated rings. The van der Waals surface area contributed by atoms with E-state index in [4.69, 9.17) is 4.74 Å². The Hall–Kier alpha value is -3.21. The van der Waals surface area contributed by atoms with E-state index in [-0.39, 0.29) is 17.2 Å². The van der Waals surface area contributed by atoms with Crippen molar-refractivity contribution in [3.05, 3.63) is 54.6 Å². The summed E-state index contributed by atoms with van der Waals surface area (Å²) in [5, 5.41) is 4.04. The normalized spacial score (nSPS) is 19.1. The molecule has 26 heavy (non-hydrogen) atoms. The molecule has 3 heterocycles. The minimum atomic E-state index is -1.41. The van der Waals surface area contributed by atoms with E-state index in [9.17, 15) is 24.0 Å². The summed E-state index contributed by atoms with van der Waals surface area (Å²) in [7, 11) is 0. The van der Waals surface area contributed by atoms with E-state index in [1.54, 1.807) is 18.2 Å². The lowest BCUT2D eigenvalue weighted by atomic mass is 9.78. The van der Waals surface area contributed by atoms with Crippen LogP contribution in [0.2, 0.25) is 0 Å². The van der Waals surface area contributed by atoms with Gasteiger partial charge in [-0.15, -0.1) is 0 Å². The number of amides is 4. The first kappa shape index (κ1) is 16.3. The van der Waals surface area contributed by atoms with Crippen molar-refractivity contribution in [3.63, 3.8) is 0 Å². The highest BCUT2D eigenvalue weighted by Crippen LogP contribution is 2.46. The lowest BCUT2D eigenvalue weighted by Crippen LogP contribution is -2.58. The fourth-order valence-electron chi connectivity index (χ4n) is 3.14. The van der Waals surface area contributed by atoms with Crippen LogP contribution in [0.4, 0.5) is 4.79 Å². The smallest absolute Gasteiger partial charge is 0.328 e. The van der Waals surface area contributed by atoms with Gasteiger partial charge in [0.1, 0.15) is 11.7 Å². The number of carbonyl (C=O) groups is 3. The first-order chi connectivity index (χ1) is 12.3. The van der Waals surface area contributed by atoms with Gasteiger partial charge in [-0.25, -0.2) is 9.59 Å². The van der Waals surface area contributed by atoms with Crippen LogP contribution in [0.3, 0.4) is 0 Å². The maximum atomic E-state index is 12.4. The van der Waals surface area contributed by atoms with Gasteiger partial charge < -0.3 is 4.74 Å². The third-order valence-corrected chi connectivity index (χ3v) is 4.64. The Bertz CT molecular complexity index is 1080. The monoisotopic (exact) mass is 420 g/mol. The molecule has 0 saturated carbocycles. The zero-order valence-corrected chi connectivity index (χ0v) is 14.3. The average Bonchev–Trinajstić information content (AvgIpc) is 2.53. The van der Waals surface area contributed by atoms with E-state index in [1.165, 1.54) is 0 Å². The average molecular weight is 421 g/mol. The van der Waals surface area contributed by atoms with E-state index in [0.29, 0.717) is 10.0 Å². The van der Waals surface area contributed by atoms with Crippen LogP contribution in [-0.4, -0.2) is 27.8 Å². The quantitative estimate of drug-likeness (QED) is 0.478. The fourth-order valence-corrected chi connectivity index (χ4v) is 3.52. The van der Waals surface area contributed by atoms with E-state index in [1.807, 2.05) is 10.6 Å². The van der Waals surface area contributed by atoms with Gasteiger partial charge in [0.15, 0.2) is 0 Å². The lowest BCUT2D eigenvalue weighted by molar-refractivity contribution is -0.136. The number of aromatic nitrogens is 2. The van der Waals surface area contributed by atoms with E-state index < -0.39 is 40.9 Å². The summed E-state index contributed by atoms with van der Waals surface area (Å²) in [6.45, 7) is 0. The summed E-state index contributed by atoms with van der Waals surface area (Å²) in [4.78, 5) is 64.5. The number of halogens is 1. The standard InChI is InChI=1S/C15H9BrN4O6/c16-4-1-2-6-5(3-4)7(8-10(21)17-14(24)18-11(8)22)9-12(23)19-15(25)20-13(9)26-6/h1-3,7-8H,(H2,19,20,23,25)(H2,17,18,21,22,24). The second-order valence-corrected chi connectivity index (χ2v) is 6.61. The van der Waals surface area contributed by atoms with E-state index in [0.717, 1.165) is 0 Å². The van der Waals surface area contributed by atoms with Crippen LogP contribution in [0.5, 0.6) is 11.6 Å². The zero-order valence-electron chi connectivity index (χ0n) is 12.7. The molecular formula is C15H9BrN4O6. The molecule has 1 atom stereocenters. The number of H-pyrrole nitrogens is 2.